The molecule has 2 N–H and O–H groups in total. The first-order valence-electron chi connectivity index (χ1n) is 7.07. The van der Waals surface area contributed by atoms with Crippen molar-refractivity contribution in [2.45, 2.75) is 32.6 Å². The lowest BCUT2D eigenvalue weighted by Crippen LogP contribution is -2.26. The highest BCUT2D eigenvalue weighted by Crippen LogP contribution is 2.28. The van der Waals surface area contributed by atoms with Gasteiger partial charge in [-0.3, -0.25) is 0 Å². The van der Waals surface area contributed by atoms with Crippen molar-refractivity contribution in [2.24, 2.45) is 11.7 Å². The monoisotopic (exact) mass is 298 g/mol. The van der Waals surface area contributed by atoms with Gasteiger partial charge in [-0.25, -0.2) is 8.78 Å². The Morgan fingerprint density at radius 1 is 1.30 bits per heavy atom. The molecule has 1 heterocycles. The summed E-state index contributed by atoms with van der Waals surface area (Å²) in [5.74, 6) is -1.10. The smallest absolute Gasteiger partial charge is 0.182 e. The van der Waals surface area contributed by atoms with E-state index in [0.29, 0.717) is 11.6 Å². The van der Waals surface area contributed by atoms with Crippen LogP contribution in [-0.2, 0) is 0 Å². The van der Waals surface area contributed by atoms with Crippen LogP contribution in [0.3, 0.4) is 0 Å². The molecule has 1 unspecified atom stereocenters. The van der Waals surface area contributed by atoms with Gasteiger partial charge in [0.15, 0.2) is 11.6 Å². The molecule has 5 heteroatoms. The maximum atomic E-state index is 14.2. The van der Waals surface area contributed by atoms with E-state index < -0.39 is 11.6 Å². The van der Waals surface area contributed by atoms with E-state index in [9.17, 15) is 8.78 Å². The Kier molecular flexibility index (Phi) is 4.91. The molecule has 1 aliphatic rings. The standard InChI is InChI=1S/C15H20F2N2S/c1-2-10-4-3-8-19(9-7-10)12-6-5-11(15(18)20)13(16)14(12)17/h5-6,10H,2-4,7-9H2,1H3,(H2,18,20). The van der Waals surface area contributed by atoms with Gasteiger partial charge in [0.25, 0.3) is 0 Å². The third kappa shape index (κ3) is 3.08. The number of benzene rings is 1. The highest BCUT2D eigenvalue weighted by molar-refractivity contribution is 7.80. The van der Waals surface area contributed by atoms with Gasteiger partial charge in [-0.05, 0) is 37.3 Å². The predicted molar refractivity (Wildman–Crippen MR) is 82.1 cm³/mol. The molecule has 0 spiro atoms. The van der Waals surface area contributed by atoms with Crippen LogP contribution in [0.4, 0.5) is 14.5 Å². The second kappa shape index (κ2) is 6.48. The van der Waals surface area contributed by atoms with Gasteiger partial charge < -0.3 is 10.6 Å². The fourth-order valence-corrected chi connectivity index (χ4v) is 2.95. The van der Waals surface area contributed by atoms with E-state index >= 15 is 0 Å². The molecule has 1 fully saturated rings. The zero-order valence-electron chi connectivity index (χ0n) is 11.7. The van der Waals surface area contributed by atoms with Crippen molar-refractivity contribution in [1.82, 2.24) is 0 Å². The van der Waals surface area contributed by atoms with Crippen molar-refractivity contribution in [3.05, 3.63) is 29.3 Å². The minimum Gasteiger partial charge on any atom is -0.389 e. The molecule has 0 amide bonds. The third-order valence-corrected chi connectivity index (χ3v) is 4.31. The van der Waals surface area contributed by atoms with Gasteiger partial charge in [0.1, 0.15) is 4.99 Å². The Labute approximate surface area is 123 Å². The summed E-state index contributed by atoms with van der Waals surface area (Å²) in [7, 11) is 0. The largest absolute Gasteiger partial charge is 0.389 e. The molecule has 1 atom stereocenters. The molecule has 2 nitrogen and oxygen atoms in total. The Morgan fingerprint density at radius 3 is 2.70 bits per heavy atom. The molecule has 110 valence electrons. The van der Waals surface area contributed by atoms with Crippen LogP contribution in [0.15, 0.2) is 12.1 Å². The summed E-state index contributed by atoms with van der Waals surface area (Å²) >= 11 is 4.72. The zero-order chi connectivity index (χ0) is 14.7. The van der Waals surface area contributed by atoms with E-state index in [2.05, 4.69) is 6.92 Å². The number of nitrogens with zero attached hydrogens (tertiary/aromatic N) is 1. The second-order valence-corrected chi connectivity index (χ2v) is 5.76. The van der Waals surface area contributed by atoms with Crippen LogP contribution in [0.5, 0.6) is 0 Å². The van der Waals surface area contributed by atoms with Crippen LogP contribution >= 0.6 is 12.2 Å². The van der Waals surface area contributed by atoms with Crippen molar-refractivity contribution >= 4 is 22.9 Å². The molecule has 1 aliphatic heterocycles. The van der Waals surface area contributed by atoms with E-state index in [1.165, 1.54) is 6.07 Å². The van der Waals surface area contributed by atoms with Crippen LogP contribution in [-0.4, -0.2) is 18.1 Å². The van der Waals surface area contributed by atoms with E-state index in [0.717, 1.165) is 38.8 Å². The summed E-state index contributed by atoms with van der Waals surface area (Å²) in [6, 6.07) is 3.05. The first kappa shape index (κ1) is 15.2. The van der Waals surface area contributed by atoms with Gasteiger partial charge in [0, 0.05) is 18.7 Å². The molecule has 1 saturated heterocycles. The minimum absolute atomic E-state index is 0.0255. The van der Waals surface area contributed by atoms with Crippen molar-refractivity contribution < 1.29 is 8.78 Å². The van der Waals surface area contributed by atoms with Crippen LogP contribution < -0.4 is 10.6 Å². The maximum Gasteiger partial charge on any atom is 0.182 e. The van der Waals surface area contributed by atoms with E-state index in [4.69, 9.17) is 18.0 Å². The Hall–Kier alpha value is -1.23. The fourth-order valence-electron chi connectivity index (χ4n) is 2.79. The fraction of sp³-hybridized carbons (Fsp3) is 0.533. The topological polar surface area (TPSA) is 29.3 Å². The summed E-state index contributed by atoms with van der Waals surface area (Å²) in [6.45, 7) is 3.71. The first-order chi connectivity index (χ1) is 9.54. The van der Waals surface area contributed by atoms with Gasteiger partial charge >= 0.3 is 0 Å². The first-order valence-corrected chi connectivity index (χ1v) is 7.48. The Morgan fingerprint density at radius 2 is 2.05 bits per heavy atom. The summed E-state index contributed by atoms with van der Waals surface area (Å²) in [5, 5.41) is 0. The molecule has 0 bridgehead atoms. The van der Waals surface area contributed by atoms with Crippen molar-refractivity contribution in [3.8, 4) is 0 Å². The molecule has 2 rings (SSSR count). The lowest BCUT2D eigenvalue weighted by atomic mass is 9.98. The molecule has 0 aromatic heterocycles. The number of rotatable bonds is 3. The summed E-state index contributed by atoms with van der Waals surface area (Å²) in [5.41, 5.74) is 5.68. The zero-order valence-corrected chi connectivity index (χ0v) is 12.5. The molecule has 1 aromatic carbocycles. The van der Waals surface area contributed by atoms with Gasteiger partial charge in [-0.15, -0.1) is 0 Å². The average molecular weight is 298 g/mol. The van der Waals surface area contributed by atoms with Gasteiger partial charge in [-0.2, -0.15) is 0 Å². The number of thiocarbonyl (C=S) groups is 1. The molecule has 1 aromatic rings. The van der Waals surface area contributed by atoms with Crippen LogP contribution in [0.1, 0.15) is 38.2 Å². The molecule has 0 aliphatic carbocycles. The van der Waals surface area contributed by atoms with Crippen LogP contribution in [0.25, 0.3) is 0 Å². The normalized spacial score (nSPS) is 19.8. The molecule has 0 radical (unpaired) electrons. The predicted octanol–water partition coefficient (Wildman–Crippen LogP) is 3.62. The lowest BCUT2D eigenvalue weighted by molar-refractivity contribution is 0.459. The number of halogens is 2. The number of hydrogen-bond donors (Lipinski definition) is 1. The van der Waals surface area contributed by atoms with Crippen molar-refractivity contribution in [1.29, 1.82) is 0 Å². The average Bonchev–Trinajstić information content (AvgIpc) is 2.66. The number of nitrogens with two attached hydrogens (primary N) is 1. The van der Waals surface area contributed by atoms with Crippen molar-refractivity contribution in [3.63, 3.8) is 0 Å². The summed E-state index contributed by atoms with van der Waals surface area (Å²) in [6.07, 6.45) is 4.33. The SMILES string of the molecule is CCC1CCCN(c2ccc(C(N)=S)c(F)c2F)CC1. The van der Waals surface area contributed by atoms with E-state index in [1.807, 2.05) is 4.90 Å². The van der Waals surface area contributed by atoms with Gasteiger partial charge in [-0.1, -0.05) is 25.6 Å². The number of hydrogen-bond acceptors (Lipinski definition) is 2. The van der Waals surface area contributed by atoms with Gasteiger partial charge in [0.2, 0.25) is 0 Å². The Balaban J connectivity index is 2.25. The quantitative estimate of drug-likeness (QED) is 0.864. The van der Waals surface area contributed by atoms with Gasteiger partial charge in [0.05, 0.1) is 5.69 Å². The molecular weight excluding hydrogens is 278 g/mol. The summed E-state index contributed by atoms with van der Waals surface area (Å²) < 4.78 is 28.1. The maximum absolute atomic E-state index is 14.2. The molecular formula is C15H20F2N2S. The minimum atomic E-state index is -0.939. The summed E-state index contributed by atoms with van der Waals surface area (Å²) in [4.78, 5) is 1.81. The molecule has 0 saturated carbocycles. The Bertz CT molecular complexity index is 505. The number of anilines is 1. The van der Waals surface area contributed by atoms with Crippen molar-refractivity contribution in [2.75, 3.05) is 18.0 Å². The highest BCUT2D eigenvalue weighted by atomic mass is 32.1. The van der Waals surface area contributed by atoms with E-state index in [1.54, 1.807) is 6.07 Å². The van der Waals surface area contributed by atoms with Crippen LogP contribution in [0, 0.1) is 17.6 Å². The molecule has 20 heavy (non-hydrogen) atoms. The second-order valence-electron chi connectivity index (χ2n) is 5.32. The van der Waals surface area contributed by atoms with E-state index in [-0.39, 0.29) is 10.6 Å². The lowest BCUT2D eigenvalue weighted by Gasteiger charge is -2.24. The third-order valence-electron chi connectivity index (χ3n) is 4.09. The highest BCUT2D eigenvalue weighted by Gasteiger charge is 2.22. The van der Waals surface area contributed by atoms with Crippen LogP contribution in [0.2, 0.25) is 0 Å².